The maximum Gasteiger partial charge on any atom is 0.244 e. The lowest BCUT2D eigenvalue weighted by molar-refractivity contribution is -0.141. The summed E-state index contributed by atoms with van der Waals surface area (Å²) in [5.74, 6) is -0.898. The molecule has 0 aliphatic rings. The third-order valence-corrected chi connectivity index (χ3v) is 6.92. The normalized spacial score (nSPS) is 12.7. The molecule has 2 aromatic rings. The molecule has 0 saturated carbocycles. The van der Waals surface area contributed by atoms with Crippen LogP contribution in [0.2, 0.25) is 15.1 Å². The van der Waals surface area contributed by atoms with Gasteiger partial charge in [-0.25, -0.2) is 8.42 Å². The van der Waals surface area contributed by atoms with Gasteiger partial charge in [-0.05, 0) is 63.1 Å². The molecule has 0 aliphatic heterocycles. The Morgan fingerprint density at radius 3 is 2.06 bits per heavy atom. The third-order valence-electron chi connectivity index (χ3n) is 5.01. The van der Waals surface area contributed by atoms with Gasteiger partial charge in [-0.15, -0.1) is 0 Å². The number of hydrogen-bond acceptors (Lipinski definition) is 4. The van der Waals surface area contributed by atoms with Crippen LogP contribution >= 0.6 is 34.8 Å². The van der Waals surface area contributed by atoms with Crippen LogP contribution in [0.1, 0.15) is 39.7 Å². The summed E-state index contributed by atoms with van der Waals surface area (Å²) in [6.07, 6.45) is 1.31. The van der Waals surface area contributed by atoms with Gasteiger partial charge in [0.25, 0.3) is 0 Å². The number of rotatable bonds is 9. The molecule has 0 saturated heterocycles. The number of benzene rings is 2. The first-order chi connectivity index (χ1) is 16.1. The molecular weight excluding hydrogens is 533 g/mol. The summed E-state index contributed by atoms with van der Waals surface area (Å²) in [7, 11) is -3.90. The molecule has 0 aliphatic carbocycles. The van der Waals surface area contributed by atoms with Crippen LogP contribution in [0.5, 0.6) is 0 Å². The Labute approximate surface area is 222 Å². The second-order valence-electron chi connectivity index (χ2n) is 9.18. The SMILES string of the molecule is CC[C@H](C(=O)NC(C)(C)C)N(Cc1ccc(Cl)cc1)C(=O)CN(c1ccc(Cl)cc1Cl)S(C)(=O)=O. The van der Waals surface area contributed by atoms with Crippen molar-refractivity contribution in [2.24, 2.45) is 0 Å². The van der Waals surface area contributed by atoms with Crippen LogP contribution in [0.4, 0.5) is 5.69 Å². The standard InChI is InChI=1S/C24H30Cl3N3O4S/c1-6-20(23(32)28-24(2,3)4)29(14-16-7-9-17(25)10-8-16)22(31)15-30(35(5,33)34)21-12-11-18(26)13-19(21)27/h7-13,20H,6,14-15H2,1-5H3,(H,28,32)/t20-/m1/s1. The number of hydrogen-bond donors (Lipinski definition) is 1. The lowest BCUT2D eigenvalue weighted by atomic mass is 10.1. The summed E-state index contributed by atoms with van der Waals surface area (Å²) in [5.41, 5.74) is 0.334. The van der Waals surface area contributed by atoms with E-state index in [1.54, 1.807) is 31.2 Å². The minimum Gasteiger partial charge on any atom is -0.350 e. The number of carbonyl (C=O) groups excluding carboxylic acids is 2. The second-order valence-corrected chi connectivity index (χ2v) is 12.4. The van der Waals surface area contributed by atoms with Crippen LogP contribution in [0, 0.1) is 0 Å². The van der Waals surface area contributed by atoms with E-state index in [4.69, 9.17) is 34.8 Å². The van der Waals surface area contributed by atoms with Gasteiger partial charge in [0.05, 0.1) is 17.0 Å². The van der Waals surface area contributed by atoms with Crippen LogP contribution < -0.4 is 9.62 Å². The van der Waals surface area contributed by atoms with Crippen LogP contribution in [0.25, 0.3) is 0 Å². The first-order valence-electron chi connectivity index (χ1n) is 10.9. The molecule has 2 amide bonds. The van der Waals surface area contributed by atoms with Crippen molar-refractivity contribution in [3.05, 3.63) is 63.1 Å². The zero-order valence-electron chi connectivity index (χ0n) is 20.3. The number of sulfonamides is 1. The van der Waals surface area contributed by atoms with Gasteiger partial charge in [0.1, 0.15) is 12.6 Å². The number of amides is 2. The molecule has 192 valence electrons. The molecule has 2 rings (SSSR count). The molecule has 0 fully saturated rings. The fourth-order valence-corrected chi connectivity index (χ4v) is 4.99. The molecule has 7 nitrogen and oxygen atoms in total. The molecule has 35 heavy (non-hydrogen) atoms. The van der Waals surface area contributed by atoms with Gasteiger partial charge in [0, 0.05) is 22.1 Å². The molecule has 1 N–H and O–H groups in total. The van der Waals surface area contributed by atoms with Gasteiger partial charge in [-0.2, -0.15) is 0 Å². The zero-order valence-corrected chi connectivity index (χ0v) is 23.4. The largest absolute Gasteiger partial charge is 0.350 e. The molecule has 0 bridgehead atoms. The molecule has 2 aromatic carbocycles. The van der Waals surface area contributed by atoms with E-state index in [0.717, 1.165) is 16.1 Å². The lowest BCUT2D eigenvalue weighted by Gasteiger charge is -2.34. The molecule has 0 heterocycles. The predicted molar refractivity (Wildman–Crippen MR) is 143 cm³/mol. The van der Waals surface area contributed by atoms with Gasteiger partial charge in [-0.3, -0.25) is 13.9 Å². The summed E-state index contributed by atoms with van der Waals surface area (Å²) in [6.45, 7) is 6.86. The van der Waals surface area contributed by atoms with Crippen molar-refractivity contribution >= 4 is 62.3 Å². The van der Waals surface area contributed by atoms with Crippen molar-refractivity contribution < 1.29 is 18.0 Å². The van der Waals surface area contributed by atoms with E-state index in [1.165, 1.54) is 23.1 Å². The van der Waals surface area contributed by atoms with E-state index < -0.39 is 34.1 Å². The monoisotopic (exact) mass is 561 g/mol. The van der Waals surface area contributed by atoms with Crippen LogP contribution in [0.3, 0.4) is 0 Å². The second kappa shape index (κ2) is 11.8. The van der Waals surface area contributed by atoms with Crippen molar-refractivity contribution in [3.63, 3.8) is 0 Å². The molecule has 0 aromatic heterocycles. The lowest BCUT2D eigenvalue weighted by Crippen LogP contribution is -2.55. The Bertz CT molecular complexity index is 1170. The highest BCUT2D eigenvalue weighted by Crippen LogP contribution is 2.30. The smallest absolute Gasteiger partial charge is 0.244 e. The fourth-order valence-electron chi connectivity index (χ4n) is 3.44. The number of nitrogens with zero attached hydrogens (tertiary/aromatic N) is 2. The van der Waals surface area contributed by atoms with E-state index in [-0.39, 0.29) is 23.2 Å². The maximum atomic E-state index is 13.6. The fraction of sp³-hybridized carbons (Fsp3) is 0.417. The van der Waals surface area contributed by atoms with E-state index in [1.807, 2.05) is 20.8 Å². The Morgan fingerprint density at radius 1 is 1.00 bits per heavy atom. The van der Waals surface area contributed by atoms with Crippen molar-refractivity contribution in [1.29, 1.82) is 0 Å². The third kappa shape index (κ3) is 8.56. The molecule has 0 unspecified atom stereocenters. The van der Waals surface area contributed by atoms with Crippen molar-refractivity contribution in [1.82, 2.24) is 10.2 Å². The molecule has 0 spiro atoms. The molecule has 11 heteroatoms. The average Bonchev–Trinajstić information content (AvgIpc) is 2.71. The summed E-state index contributed by atoms with van der Waals surface area (Å²) < 4.78 is 26.2. The Morgan fingerprint density at radius 2 is 1.57 bits per heavy atom. The molecular formula is C24H30Cl3N3O4S. The van der Waals surface area contributed by atoms with Crippen LogP contribution in [-0.2, 0) is 26.2 Å². The quantitative estimate of drug-likeness (QED) is 0.459. The minimum atomic E-state index is -3.90. The van der Waals surface area contributed by atoms with Gasteiger partial charge >= 0.3 is 0 Å². The van der Waals surface area contributed by atoms with E-state index in [0.29, 0.717) is 16.5 Å². The van der Waals surface area contributed by atoms with E-state index in [9.17, 15) is 18.0 Å². The highest BCUT2D eigenvalue weighted by molar-refractivity contribution is 7.92. The maximum absolute atomic E-state index is 13.6. The minimum absolute atomic E-state index is 0.0810. The van der Waals surface area contributed by atoms with E-state index in [2.05, 4.69) is 5.32 Å². The number of nitrogens with one attached hydrogen (secondary N) is 1. The summed E-state index contributed by atoms with van der Waals surface area (Å²) in [5, 5.41) is 3.85. The highest BCUT2D eigenvalue weighted by atomic mass is 35.5. The van der Waals surface area contributed by atoms with Gasteiger partial charge in [0.15, 0.2) is 0 Å². The highest BCUT2D eigenvalue weighted by Gasteiger charge is 2.33. The summed E-state index contributed by atoms with van der Waals surface area (Å²) >= 11 is 18.2. The Kier molecular flexibility index (Phi) is 9.87. The average molecular weight is 563 g/mol. The van der Waals surface area contributed by atoms with Crippen molar-refractivity contribution in [2.75, 3.05) is 17.1 Å². The summed E-state index contributed by atoms with van der Waals surface area (Å²) in [6, 6.07) is 10.4. The number of anilines is 1. The zero-order chi connectivity index (χ0) is 26.6. The van der Waals surface area contributed by atoms with E-state index >= 15 is 0 Å². The first kappa shape index (κ1) is 29.2. The Hall–Kier alpha value is -2.00. The number of carbonyl (C=O) groups is 2. The Balaban J connectivity index is 2.48. The van der Waals surface area contributed by atoms with Crippen molar-refractivity contribution in [3.8, 4) is 0 Å². The molecule has 0 radical (unpaired) electrons. The topological polar surface area (TPSA) is 86.8 Å². The number of halogens is 3. The van der Waals surface area contributed by atoms with Gasteiger partial charge < -0.3 is 10.2 Å². The van der Waals surface area contributed by atoms with Crippen molar-refractivity contribution in [2.45, 2.75) is 52.2 Å². The predicted octanol–water partition coefficient (Wildman–Crippen LogP) is 5.13. The summed E-state index contributed by atoms with van der Waals surface area (Å²) in [4.78, 5) is 28.2. The first-order valence-corrected chi connectivity index (χ1v) is 13.9. The van der Waals surface area contributed by atoms with Gasteiger partial charge in [0.2, 0.25) is 21.8 Å². The van der Waals surface area contributed by atoms with Crippen LogP contribution in [0.15, 0.2) is 42.5 Å². The van der Waals surface area contributed by atoms with Gasteiger partial charge in [-0.1, -0.05) is 53.9 Å². The molecule has 1 atom stereocenters. The van der Waals surface area contributed by atoms with Crippen LogP contribution in [-0.4, -0.2) is 49.5 Å².